The molecule has 0 rings (SSSR count). The van der Waals surface area contributed by atoms with Gasteiger partial charge in [0.25, 0.3) is 0 Å². The number of rotatable bonds is 6. The van der Waals surface area contributed by atoms with Crippen LogP contribution in [0.5, 0.6) is 0 Å². The van der Waals surface area contributed by atoms with Crippen LogP contribution in [0, 0.1) is 11.8 Å². The van der Waals surface area contributed by atoms with Crippen LogP contribution in [-0.2, 0) is 0 Å². The zero-order chi connectivity index (χ0) is 9.40. The second-order valence-electron chi connectivity index (χ2n) is 3.47. The zero-order valence-corrected chi connectivity index (χ0v) is 8.72. The van der Waals surface area contributed by atoms with E-state index in [0.29, 0.717) is 5.92 Å². The summed E-state index contributed by atoms with van der Waals surface area (Å²) in [7, 11) is 0. The van der Waals surface area contributed by atoms with E-state index in [1.165, 1.54) is 12.8 Å². The Hall–Kier alpha value is -0.520. The van der Waals surface area contributed by atoms with Gasteiger partial charge >= 0.3 is 0 Å². The van der Waals surface area contributed by atoms with Gasteiger partial charge in [-0.15, -0.1) is 6.58 Å². The molecule has 12 heavy (non-hydrogen) atoms. The summed E-state index contributed by atoms with van der Waals surface area (Å²) < 4.78 is 0. The fourth-order valence-corrected chi connectivity index (χ4v) is 1.52. The Morgan fingerprint density at radius 3 is 2.50 bits per heavy atom. The maximum atomic E-state index is 3.88. The second kappa shape index (κ2) is 7.15. The third-order valence-electron chi connectivity index (χ3n) is 2.42. The normalized spacial score (nSPS) is 16.2. The van der Waals surface area contributed by atoms with Gasteiger partial charge in [-0.05, 0) is 25.2 Å². The van der Waals surface area contributed by atoms with Crippen LogP contribution >= 0.6 is 0 Å². The van der Waals surface area contributed by atoms with Crippen LogP contribution in [0.2, 0.25) is 0 Å². The van der Waals surface area contributed by atoms with E-state index in [1.54, 1.807) is 0 Å². The Bertz CT molecular complexity index is 133. The average Bonchev–Trinajstić information content (AvgIpc) is 2.06. The molecule has 0 bridgehead atoms. The van der Waals surface area contributed by atoms with Crippen molar-refractivity contribution in [2.45, 2.75) is 40.0 Å². The van der Waals surface area contributed by atoms with Crippen molar-refractivity contribution in [3.05, 3.63) is 24.8 Å². The van der Waals surface area contributed by atoms with Crippen molar-refractivity contribution in [1.82, 2.24) is 0 Å². The molecule has 0 aromatic rings. The molecule has 0 amide bonds. The van der Waals surface area contributed by atoms with E-state index >= 15 is 0 Å². The molecule has 0 aromatic carbocycles. The summed E-state index contributed by atoms with van der Waals surface area (Å²) in [4.78, 5) is 0. The predicted molar refractivity (Wildman–Crippen MR) is 57.2 cm³/mol. The largest absolute Gasteiger partial charge is 0.103 e. The van der Waals surface area contributed by atoms with Crippen LogP contribution in [-0.4, -0.2) is 0 Å². The van der Waals surface area contributed by atoms with E-state index in [0.717, 1.165) is 12.3 Å². The Kier molecular flexibility index (Phi) is 6.84. The van der Waals surface area contributed by atoms with E-state index in [2.05, 4.69) is 45.6 Å². The van der Waals surface area contributed by atoms with Gasteiger partial charge in [-0.1, -0.05) is 44.9 Å². The van der Waals surface area contributed by atoms with Gasteiger partial charge in [-0.25, -0.2) is 0 Å². The highest BCUT2D eigenvalue weighted by atomic mass is 14.2. The minimum Gasteiger partial charge on any atom is -0.103 e. The van der Waals surface area contributed by atoms with E-state index in [1.807, 2.05) is 0 Å². The van der Waals surface area contributed by atoms with Crippen molar-refractivity contribution in [1.29, 1.82) is 0 Å². The first-order valence-electron chi connectivity index (χ1n) is 4.99. The maximum absolute atomic E-state index is 3.88. The Morgan fingerprint density at radius 2 is 2.08 bits per heavy atom. The minimum atomic E-state index is 0.668. The van der Waals surface area contributed by atoms with Gasteiger partial charge < -0.3 is 0 Å². The highest BCUT2D eigenvalue weighted by molar-refractivity contribution is 4.90. The third kappa shape index (κ3) is 4.38. The molecule has 2 atom stereocenters. The van der Waals surface area contributed by atoms with Crippen molar-refractivity contribution in [2.24, 2.45) is 11.8 Å². The standard InChI is InChI=1S/C12H22/c1-5-8-10-12(7-3)11(4)9-6-2/h5,7-8,11-12H,3,6,9-10H2,1-2,4H3/b8-5-/t11?,12-/m0/s1. The molecule has 0 saturated carbocycles. The molecular formula is C12H22. The molecule has 1 unspecified atom stereocenters. The molecule has 0 aliphatic carbocycles. The highest BCUT2D eigenvalue weighted by Gasteiger charge is 2.10. The maximum Gasteiger partial charge on any atom is -0.0176 e. The first-order valence-corrected chi connectivity index (χ1v) is 4.99. The van der Waals surface area contributed by atoms with Gasteiger partial charge in [-0.2, -0.15) is 0 Å². The fraction of sp³-hybridized carbons (Fsp3) is 0.667. The molecule has 0 spiro atoms. The average molecular weight is 166 g/mol. The first-order chi connectivity index (χ1) is 5.76. The molecule has 0 aliphatic rings. The van der Waals surface area contributed by atoms with Gasteiger partial charge in [0, 0.05) is 0 Å². The molecule has 0 nitrogen and oxygen atoms in total. The summed E-state index contributed by atoms with van der Waals surface area (Å²) in [5.74, 6) is 1.45. The molecule has 0 aliphatic heterocycles. The van der Waals surface area contributed by atoms with Crippen LogP contribution in [0.15, 0.2) is 24.8 Å². The lowest BCUT2D eigenvalue weighted by molar-refractivity contribution is 0.400. The topological polar surface area (TPSA) is 0 Å². The Morgan fingerprint density at radius 1 is 1.42 bits per heavy atom. The Balaban J connectivity index is 3.86. The van der Waals surface area contributed by atoms with Gasteiger partial charge in [0.05, 0.1) is 0 Å². The molecule has 0 heteroatoms. The van der Waals surface area contributed by atoms with Gasteiger partial charge in [-0.3, -0.25) is 0 Å². The summed E-state index contributed by atoms with van der Waals surface area (Å²) in [6.45, 7) is 10.5. The van der Waals surface area contributed by atoms with Crippen LogP contribution < -0.4 is 0 Å². The van der Waals surface area contributed by atoms with Gasteiger partial charge in [0.15, 0.2) is 0 Å². The lowest BCUT2D eigenvalue weighted by Crippen LogP contribution is -2.07. The summed E-state index contributed by atoms with van der Waals surface area (Å²) in [6, 6.07) is 0. The summed E-state index contributed by atoms with van der Waals surface area (Å²) >= 11 is 0. The van der Waals surface area contributed by atoms with Crippen molar-refractivity contribution < 1.29 is 0 Å². The van der Waals surface area contributed by atoms with Crippen LogP contribution in [0.4, 0.5) is 0 Å². The van der Waals surface area contributed by atoms with Crippen molar-refractivity contribution in [3.63, 3.8) is 0 Å². The zero-order valence-electron chi connectivity index (χ0n) is 8.72. The van der Waals surface area contributed by atoms with Gasteiger partial charge in [0.2, 0.25) is 0 Å². The van der Waals surface area contributed by atoms with Crippen molar-refractivity contribution in [3.8, 4) is 0 Å². The lowest BCUT2D eigenvalue weighted by atomic mass is 9.88. The van der Waals surface area contributed by atoms with Crippen LogP contribution in [0.25, 0.3) is 0 Å². The monoisotopic (exact) mass is 166 g/mol. The lowest BCUT2D eigenvalue weighted by Gasteiger charge is -2.18. The molecule has 0 radical (unpaired) electrons. The minimum absolute atomic E-state index is 0.668. The number of hydrogen-bond acceptors (Lipinski definition) is 0. The number of allylic oxidation sites excluding steroid dienone is 3. The molecule has 0 aromatic heterocycles. The molecule has 0 saturated heterocycles. The number of hydrogen-bond donors (Lipinski definition) is 0. The highest BCUT2D eigenvalue weighted by Crippen LogP contribution is 2.21. The van der Waals surface area contributed by atoms with E-state index in [9.17, 15) is 0 Å². The summed E-state index contributed by atoms with van der Waals surface area (Å²) in [5.41, 5.74) is 0. The summed E-state index contributed by atoms with van der Waals surface area (Å²) in [5, 5.41) is 0. The van der Waals surface area contributed by atoms with Crippen molar-refractivity contribution >= 4 is 0 Å². The smallest absolute Gasteiger partial charge is 0.0176 e. The molecule has 0 fully saturated rings. The molecule has 70 valence electrons. The molecule has 0 heterocycles. The first kappa shape index (κ1) is 11.5. The summed E-state index contributed by atoms with van der Waals surface area (Å²) in [6.07, 6.45) is 10.2. The SMILES string of the molecule is C=C[C@@H](C/C=C\C)C(C)CCC. The van der Waals surface area contributed by atoms with Crippen LogP contribution in [0.1, 0.15) is 40.0 Å². The van der Waals surface area contributed by atoms with E-state index in [-0.39, 0.29) is 0 Å². The fourth-order valence-electron chi connectivity index (χ4n) is 1.52. The van der Waals surface area contributed by atoms with Crippen LogP contribution in [0.3, 0.4) is 0 Å². The third-order valence-corrected chi connectivity index (χ3v) is 2.42. The van der Waals surface area contributed by atoms with Gasteiger partial charge in [0.1, 0.15) is 0 Å². The van der Waals surface area contributed by atoms with E-state index < -0.39 is 0 Å². The molecule has 0 N–H and O–H groups in total. The quantitative estimate of drug-likeness (QED) is 0.519. The van der Waals surface area contributed by atoms with Crippen molar-refractivity contribution in [2.75, 3.05) is 0 Å². The van der Waals surface area contributed by atoms with E-state index in [4.69, 9.17) is 0 Å². The predicted octanol–water partition coefficient (Wildman–Crippen LogP) is 4.19. The molecular weight excluding hydrogens is 144 g/mol. The Labute approximate surface area is 77.4 Å². The second-order valence-corrected chi connectivity index (χ2v) is 3.47.